The van der Waals surface area contributed by atoms with E-state index < -0.39 is 0 Å². The van der Waals surface area contributed by atoms with Gasteiger partial charge >= 0.3 is 7.12 Å². The Hall–Kier alpha value is -0.995. The molecule has 1 radical (unpaired) electrons. The molecule has 3 rings (SSSR count). The van der Waals surface area contributed by atoms with Crippen molar-refractivity contribution in [2.45, 2.75) is 51.7 Å². The molecule has 2 aliphatic heterocycles. The molecule has 0 spiro atoms. The lowest BCUT2D eigenvalue weighted by Crippen LogP contribution is -2.41. The van der Waals surface area contributed by atoms with Gasteiger partial charge in [0.25, 0.3) is 0 Å². The van der Waals surface area contributed by atoms with Crippen molar-refractivity contribution in [1.82, 2.24) is 0 Å². The number of nitrogens with zero attached hydrogens (tertiary/aromatic N) is 1. The van der Waals surface area contributed by atoms with Crippen molar-refractivity contribution in [2.75, 3.05) is 18.0 Å². The summed E-state index contributed by atoms with van der Waals surface area (Å²) < 4.78 is 12.2. The van der Waals surface area contributed by atoms with E-state index in [1.165, 1.54) is 18.5 Å². The maximum Gasteiger partial charge on any atom is 0.494 e. The minimum absolute atomic E-state index is 0.265. The third-order valence-electron chi connectivity index (χ3n) is 4.99. The molecule has 0 unspecified atom stereocenters. The zero-order valence-corrected chi connectivity index (χ0v) is 13.6. The fourth-order valence-electron chi connectivity index (χ4n) is 2.83. The minimum atomic E-state index is -0.279. The van der Waals surface area contributed by atoms with Crippen molar-refractivity contribution >= 4 is 18.3 Å². The molecule has 0 N–H and O–H groups in total. The molecule has 2 aliphatic rings. The summed E-state index contributed by atoms with van der Waals surface area (Å²) in [5.74, 6) is 0. The van der Waals surface area contributed by atoms with E-state index in [2.05, 4.69) is 63.3 Å². The van der Waals surface area contributed by atoms with Crippen molar-refractivity contribution in [1.29, 1.82) is 0 Å². The van der Waals surface area contributed by atoms with Gasteiger partial charge in [-0.05, 0) is 64.6 Å². The van der Waals surface area contributed by atoms with E-state index in [1.807, 2.05) is 0 Å². The number of hydrogen-bond acceptors (Lipinski definition) is 3. The molecular formula is C17H25BNO2. The van der Waals surface area contributed by atoms with Gasteiger partial charge < -0.3 is 14.2 Å². The Morgan fingerprint density at radius 1 is 0.905 bits per heavy atom. The first-order valence-electron chi connectivity index (χ1n) is 7.91. The molecule has 0 saturated carbocycles. The number of rotatable bonds is 2. The number of piperidine rings is 1. The summed E-state index contributed by atoms with van der Waals surface area (Å²) in [4.78, 5) is 2.44. The molecule has 4 heteroatoms. The average Bonchev–Trinajstić information content (AvgIpc) is 2.69. The first-order chi connectivity index (χ1) is 9.89. The predicted molar refractivity (Wildman–Crippen MR) is 87.9 cm³/mol. The summed E-state index contributed by atoms with van der Waals surface area (Å²) >= 11 is 0. The summed E-state index contributed by atoms with van der Waals surface area (Å²) in [5, 5.41) is 0. The third-order valence-corrected chi connectivity index (χ3v) is 4.99. The van der Waals surface area contributed by atoms with E-state index in [-0.39, 0.29) is 18.3 Å². The molecule has 2 heterocycles. The maximum absolute atomic E-state index is 6.09. The quantitative estimate of drug-likeness (QED) is 0.780. The highest BCUT2D eigenvalue weighted by molar-refractivity contribution is 6.62. The van der Waals surface area contributed by atoms with Crippen LogP contribution in [0.25, 0.3) is 0 Å². The van der Waals surface area contributed by atoms with Gasteiger partial charge in [0.05, 0.1) is 11.2 Å². The van der Waals surface area contributed by atoms with Gasteiger partial charge in [-0.2, -0.15) is 0 Å². The fourth-order valence-corrected chi connectivity index (χ4v) is 2.83. The van der Waals surface area contributed by atoms with Crippen molar-refractivity contribution in [3.05, 3.63) is 30.7 Å². The summed E-state index contributed by atoms with van der Waals surface area (Å²) in [7, 11) is -0.265. The van der Waals surface area contributed by atoms with Crippen LogP contribution in [-0.4, -0.2) is 31.4 Å². The predicted octanol–water partition coefficient (Wildman–Crippen LogP) is 2.79. The molecule has 21 heavy (non-hydrogen) atoms. The Morgan fingerprint density at radius 2 is 1.43 bits per heavy atom. The first-order valence-corrected chi connectivity index (χ1v) is 7.91. The molecule has 0 atom stereocenters. The van der Waals surface area contributed by atoms with E-state index in [0.29, 0.717) is 0 Å². The van der Waals surface area contributed by atoms with Gasteiger partial charge in [-0.3, -0.25) is 0 Å². The Balaban J connectivity index is 1.73. The highest BCUT2D eigenvalue weighted by Crippen LogP contribution is 2.36. The Kier molecular flexibility index (Phi) is 3.79. The molecule has 2 fully saturated rings. The fraction of sp³-hybridized carbons (Fsp3) is 0.588. The van der Waals surface area contributed by atoms with E-state index in [9.17, 15) is 0 Å². The molecule has 3 nitrogen and oxygen atoms in total. The Bertz CT molecular complexity index is 476. The van der Waals surface area contributed by atoms with Crippen LogP contribution in [0.1, 0.15) is 40.5 Å². The van der Waals surface area contributed by atoms with E-state index in [4.69, 9.17) is 9.31 Å². The van der Waals surface area contributed by atoms with Crippen molar-refractivity contribution < 1.29 is 9.31 Å². The summed E-state index contributed by atoms with van der Waals surface area (Å²) in [6.07, 6.45) is 4.73. The number of hydrogen-bond donors (Lipinski definition) is 0. The van der Waals surface area contributed by atoms with E-state index in [0.717, 1.165) is 18.6 Å². The van der Waals surface area contributed by atoms with Gasteiger partial charge in [-0.1, -0.05) is 12.1 Å². The lowest BCUT2D eigenvalue weighted by molar-refractivity contribution is 0.00578. The summed E-state index contributed by atoms with van der Waals surface area (Å²) in [5.41, 5.74) is 1.84. The molecule has 0 amide bonds. The molecule has 113 valence electrons. The maximum atomic E-state index is 6.09. The normalized spacial score (nSPS) is 24.4. The molecule has 1 aromatic rings. The lowest BCUT2D eigenvalue weighted by Gasteiger charge is -2.32. The second kappa shape index (κ2) is 5.33. The zero-order valence-electron chi connectivity index (χ0n) is 13.6. The van der Waals surface area contributed by atoms with Crippen LogP contribution in [0.3, 0.4) is 0 Å². The highest BCUT2D eigenvalue weighted by Gasteiger charge is 2.51. The SMILES string of the molecule is CC1(C)OB(c2ccc(N3CC[CH]CC3)cc2)OC1(C)C. The van der Waals surface area contributed by atoms with Crippen LogP contribution in [0.5, 0.6) is 0 Å². The van der Waals surface area contributed by atoms with Crippen molar-refractivity contribution in [2.24, 2.45) is 0 Å². The molecule has 2 saturated heterocycles. The smallest absolute Gasteiger partial charge is 0.399 e. The van der Waals surface area contributed by atoms with Gasteiger partial charge in [0.2, 0.25) is 0 Å². The van der Waals surface area contributed by atoms with Crippen LogP contribution < -0.4 is 10.4 Å². The molecule has 0 bridgehead atoms. The van der Waals surface area contributed by atoms with Crippen LogP contribution in [0.2, 0.25) is 0 Å². The second-order valence-electron chi connectivity index (χ2n) is 7.03. The number of anilines is 1. The van der Waals surface area contributed by atoms with Gasteiger partial charge in [-0.15, -0.1) is 0 Å². The van der Waals surface area contributed by atoms with Crippen LogP contribution in [0, 0.1) is 6.42 Å². The monoisotopic (exact) mass is 286 g/mol. The minimum Gasteiger partial charge on any atom is -0.399 e. The standard InChI is InChI=1S/C17H25BNO2/c1-16(2)17(3,4)21-18(20-16)14-8-10-15(11-9-14)19-12-6-5-7-13-19/h5,8-11H,6-7,12-13H2,1-4H3. The molecule has 0 aliphatic carbocycles. The van der Waals surface area contributed by atoms with E-state index >= 15 is 0 Å². The van der Waals surface area contributed by atoms with Gasteiger partial charge in [-0.25, -0.2) is 0 Å². The van der Waals surface area contributed by atoms with Gasteiger partial charge in [0.1, 0.15) is 0 Å². The largest absolute Gasteiger partial charge is 0.494 e. The average molecular weight is 286 g/mol. The zero-order chi connectivity index (χ0) is 15.1. The van der Waals surface area contributed by atoms with Crippen LogP contribution in [0.4, 0.5) is 5.69 Å². The second-order valence-corrected chi connectivity index (χ2v) is 7.03. The molecular weight excluding hydrogens is 261 g/mol. The van der Waals surface area contributed by atoms with Crippen LogP contribution in [0.15, 0.2) is 24.3 Å². The Labute approximate surface area is 128 Å². The molecule has 1 aromatic carbocycles. The van der Waals surface area contributed by atoms with Crippen LogP contribution in [-0.2, 0) is 9.31 Å². The van der Waals surface area contributed by atoms with Gasteiger partial charge in [0, 0.05) is 18.8 Å². The first kappa shape index (κ1) is 14.9. The van der Waals surface area contributed by atoms with Crippen molar-refractivity contribution in [3.63, 3.8) is 0 Å². The summed E-state index contributed by atoms with van der Waals surface area (Å²) in [6, 6.07) is 8.64. The van der Waals surface area contributed by atoms with E-state index in [1.54, 1.807) is 0 Å². The molecule has 0 aromatic heterocycles. The van der Waals surface area contributed by atoms with Gasteiger partial charge in [0.15, 0.2) is 0 Å². The highest BCUT2D eigenvalue weighted by atomic mass is 16.7. The lowest BCUT2D eigenvalue weighted by atomic mass is 9.79. The van der Waals surface area contributed by atoms with Crippen molar-refractivity contribution in [3.8, 4) is 0 Å². The van der Waals surface area contributed by atoms with Crippen LogP contribution >= 0.6 is 0 Å². The third kappa shape index (κ3) is 2.84. The summed E-state index contributed by atoms with van der Waals surface area (Å²) in [6.45, 7) is 10.6. The topological polar surface area (TPSA) is 21.7 Å². The Morgan fingerprint density at radius 3 is 1.95 bits per heavy atom. The number of benzene rings is 1.